The van der Waals surface area contributed by atoms with Gasteiger partial charge in [0.05, 0.1) is 18.0 Å². The lowest BCUT2D eigenvalue weighted by molar-refractivity contribution is 0.102. The van der Waals surface area contributed by atoms with Crippen molar-refractivity contribution in [3.63, 3.8) is 0 Å². The van der Waals surface area contributed by atoms with Crippen LogP contribution in [0.25, 0.3) is 5.65 Å². The zero-order chi connectivity index (χ0) is 22.9. The summed E-state index contributed by atoms with van der Waals surface area (Å²) in [6.07, 6.45) is 9.43. The fraction of sp³-hybridized carbons (Fsp3) is 0.478. The molecule has 0 aromatic carbocycles. The summed E-state index contributed by atoms with van der Waals surface area (Å²) in [7, 11) is 0. The lowest BCUT2D eigenvalue weighted by atomic mass is 9.98. The van der Waals surface area contributed by atoms with Crippen LogP contribution in [0.4, 0.5) is 16.0 Å². The molecule has 3 aromatic heterocycles. The minimum atomic E-state index is -0.516. The Labute approximate surface area is 191 Å². The van der Waals surface area contributed by atoms with Crippen LogP contribution in [-0.2, 0) is 0 Å². The molecular formula is C23H28FN7O2. The van der Waals surface area contributed by atoms with Gasteiger partial charge in [-0.15, -0.1) is 0 Å². The number of nitrogens with one attached hydrogen (secondary N) is 2. The molecule has 1 amide bonds. The number of aromatic nitrogens is 4. The molecule has 2 N–H and O–H groups in total. The van der Waals surface area contributed by atoms with Gasteiger partial charge in [-0.2, -0.15) is 4.98 Å². The molecule has 3 aromatic rings. The highest BCUT2D eigenvalue weighted by molar-refractivity contribution is 6.05. The van der Waals surface area contributed by atoms with Crippen molar-refractivity contribution in [3.05, 3.63) is 41.7 Å². The van der Waals surface area contributed by atoms with Crippen LogP contribution in [-0.4, -0.2) is 57.0 Å². The zero-order valence-corrected chi connectivity index (χ0v) is 18.8. The summed E-state index contributed by atoms with van der Waals surface area (Å²) in [6, 6.07) is 2.21. The van der Waals surface area contributed by atoms with Crippen LogP contribution in [0.1, 0.15) is 48.7 Å². The molecule has 0 aliphatic carbocycles. The Bertz CT molecular complexity index is 1180. The van der Waals surface area contributed by atoms with Crippen LogP contribution in [0.3, 0.4) is 0 Å². The Morgan fingerprint density at radius 3 is 2.97 bits per heavy atom. The average Bonchev–Trinajstić information content (AvgIpc) is 3.10. The number of nitrogens with zero attached hydrogens (tertiary/aromatic N) is 5. The van der Waals surface area contributed by atoms with Gasteiger partial charge in [-0.05, 0) is 33.1 Å². The third-order valence-corrected chi connectivity index (χ3v) is 6.20. The number of piperidine rings is 1. The third-order valence-electron chi connectivity index (χ3n) is 6.20. The number of rotatable bonds is 5. The van der Waals surface area contributed by atoms with Crippen LogP contribution in [0.2, 0.25) is 0 Å². The quantitative estimate of drug-likeness (QED) is 0.613. The molecule has 2 atom stereocenters. The number of pyridine rings is 1. The van der Waals surface area contributed by atoms with E-state index in [1.807, 2.05) is 6.92 Å². The van der Waals surface area contributed by atoms with E-state index >= 15 is 0 Å². The number of aryl methyl sites for hydroxylation is 1. The number of anilines is 2. The Morgan fingerprint density at radius 2 is 2.12 bits per heavy atom. The topological polar surface area (TPSA) is 96.7 Å². The van der Waals surface area contributed by atoms with Gasteiger partial charge in [0.25, 0.3) is 5.91 Å². The maximum absolute atomic E-state index is 14.4. The molecule has 2 unspecified atom stereocenters. The van der Waals surface area contributed by atoms with E-state index in [0.29, 0.717) is 36.0 Å². The largest absolute Gasteiger partial charge is 0.477 e. The minimum absolute atomic E-state index is 0.203. The summed E-state index contributed by atoms with van der Waals surface area (Å²) in [4.78, 5) is 28.4. The molecule has 0 radical (unpaired) electrons. The maximum atomic E-state index is 14.4. The van der Waals surface area contributed by atoms with E-state index in [9.17, 15) is 9.18 Å². The molecule has 0 saturated carbocycles. The highest BCUT2D eigenvalue weighted by Gasteiger charge is 2.29. The van der Waals surface area contributed by atoms with Crippen molar-refractivity contribution in [1.82, 2.24) is 24.7 Å². The highest BCUT2D eigenvalue weighted by Crippen LogP contribution is 2.25. The van der Waals surface area contributed by atoms with Crippen molar-refractivity contribution in [2.45, 2.75) is 51.6 Å². The second-order valence-corrected chi connectivity index (χ2v) is 8.69. The van der Waals surface area contributed by atoms with Gasteiger partial charge in [0.1, 0.15) is 5.56 Å². The van der Waals surface area contributed by atoms with Crippen LogP contribution in [0, 0.1) is 12.7 Å². The van der Waals surface area contributed by atoms with Gasteiger partial charge in [0.2, 0.25) is 11.8 Å². The maximum Gasteiger partial charge on any atom is 0.262 e. The number of halogens is 1. The number of imidazole rings is 1. The molecule has 10 heteroatoms. The summed E-state index contributed by atoms with van der Waals surface area (Å²) < 4.78 is 21.7. The van der Waals surface area contributed by atoms with Crippen LogP contribution >= 0.6 is 0 Å². The van der Waals surface area contributed by atoms with E-state index < -0.39 is 11.7 Å². The Morgan fingerprint density at radius 1 is 1.27 bits per heavy atom. The molecule has 2 aliphatic rings. The molecule has 174 valence electrons. The van der Waals surface area contributed by atoms with Gasteiger partial charge in [-0.3, -0.25) is 4.79 Å². The van der Waals surface area contributed by atoms with Crippen molar-refractivity contribution >= 4 is 23.2 Å². The molecule has 2 bridgehead atoms. The predicted octanol–water partition coefficient (Wildman–Crippen LogP) is 2.94. The van der Waals surface area contributed by atoms with Crippen LogP contribution in [0.5, 0.6) is 5.88 Å². The Kier molecular flexibility index (Phi) is 5.84. The summed E-state index contributed by atoms with van der Waals surface area (Å²) in [5.41, 5.74) is 1.41. The summed E-state index contributed by atoms with van der Waals surface area (Å²) in [5.74, 6) is -0.197. The van der Waals surface area contributed by atoms with Gasteiger partial charge >= 0.3 is 0 Å². The average molecular weight is 454 g/mol. The highest BCUT2D eigenvalue weighted by atomic mass is 19.1. The first-order valence-corrected chi connectivity index (χ1v) is 11.5. The van der Waals surface area contributed by atoms with E-state index in [2.05, 4.69) is 30.5 Å². The third kappa shape index (κ3) is 4.47. The van der Waals surface area contributed by atoms with Crippen LogP contribution < -0.4 is 20.3 Å². The number of carbonyl (C=O) groups is 1. The second-order valence-electron chi connectivity index (χ2n) is 8.69. The fourth-order valence-corrected chi connectivity index (χ4v) is 4.69. The van der Waals surface area contributed by atoms with Crippen molar-refractivity contribution in [2.75, 3.05) is 29.9 Å². The van der Waals surface area contributed by atoms with E-state index in [1.165, 1.54) is 25.1 Å². The predicted molar refractivity (Wildman–Crippen MR) is 122 cm³/mol. The normalized spacial score (nSPS) is 20.5. The molecular weight excluding hydrogens is 425 g/mol. The Hall–Kier alpha value is -3.27. The summed E-state index contributed by atoms with van der Waals surface area (Å²) >= 11 is 0. The number of ether oxygens (including phenoxy) is 1. The van der Waals surface area contributed by atoms with Gasteiger partial charge in [0.15, 0.2) is 11.5 Å². The first-order chi connectivity index (χ1) is 16.0. The lowest BCUT2D eigenvalue weighted by Crippen LogP contribution is -2.44. The smallest absolute Gasteiger partial charge is 0.262 e. The number of amides is 1. The van der Waals surface area contributed by atoms with E-state index in [-0.39, 0.29) is 17.1 Å². The number of hydrogen-bond donors (Lipinski definition) is 2. The monoisotopic (exact) mass is 453 g/mol. The van der Waals surface area contributed by atoms with Crippen molar-refractivity contribution < 1.29 is 13.9 Å². The van der Waals surface area contributed by atoms with E-state index in [0.717, 1.165) is 25.9 Å². The first-order valence-electron chi connectivity index (χ1n) is 11.5. The first kappa shape index (κ1) is 21.6. The van der Waals surface area contributed by atoms with Gasteiger partial charge < -0.3 is 24.7 Å². The molecule has 0 spiro atoms. The minimum Gasteiger partial charge on any atom is -0.477 e. The second kappa shape index (κ2) is 8.93. The van der Waals surface area contributed by atoms with Crippen LogP contribution in [0.15, 0.2) is 24.7 Å². The molecule has 33 heavy (non-hydrogen) atoms. The SMILES string of the molecule is CCOc1nc(N2CCC3CCCC(C2)N3)ncc1C(=O)Nc1cc(F)c2nc(C)cn2c1. The molecule has 2 fully saturated rings. The summed E-state index contributed by atoms with van der Waals surface area (Å²) in [6.45, 7) is 5.67. The molecule has 9 nitrogen and oxygen atoms in total. The molecule has 2 aliphatic heterocycles. The van der Waals surface area contributed by atoms with Gasteiger partial charge in [0, 0.05) is 49.8 Å². The van der Waals surface area contributed by atoms with Gasteiger partial charge in [-0.25, -0.2) is 14.4 Å². The summed E-state index contributed by atoms with van der Waals surface area (Å²) in [5, 5.41) is 6.43. The zero-order valence-electron chi connectivity index (χ0n) is 18.8. The molecule has 5 heterocycles. The number of carbonyl (C=O) groups excluding carboxylic acids is 1. The number of fused-ring (bicyclic) bond motifs is 3. The van der Waals surface area contributed by atoms with E-state index in [1.54, 1.807) is 23.7 Å². The fourth-order valence-electron chi connectivity index (χ4n) is 4.69. The lowest BCUT2D eigenvalue weighted by Gasteiger charge is -2.28. The van der Waals surface area contributed by atoms with Crippen molar-refractivity contribution in [1.29, 1.82) is 0 Å². The Balaban J connectivity index is 1.39. The standard InChI is InChI=1S/C23H28FN7O2/c1-3-33-22-18(21(32)28-17-9-19(24)20-26-14(2)11-31(20)13-17)10-25-23(29-22)30-8-7-15-5-4-6-16(12-30)27-15/h9-11,13,15-16,27H,3-8,12H2,1-2H3,(H,28,32). The molecule has 2 saturated heterocycles. The van der Waals surface area contributed by atoms with Gasteiger partial charge in [-0.1, -0.05) is 6.42 Å². The van der Waals surface area contributed by atoms with Crippen molar-refractivity contribution in [3.8, 4) is 5.88 Å². The van der Waals surface area contributed by atoms with Crippen molar-refractivity contribution in [2.24, 2.45) is 0 Å². The molecule has 5 rings (SSSR count). The number of hydrogen-bond acceptors (Lipinski definition) is 7. The van der Waals surface area contributed by atoms with E-state index in [4.69, 9.17) is 4.74 Å².